The van der Waals surface area contributed by atoms with E-state index in [0.29, 0.717) is 12.1 Å². The molecule has 0 unspecified atom stereocenters. The largest absolute Gasteiger partial charge is 0.349 e. The first-order valence-electron chi connectivity index (χ1n) is 8.81. The zero-order valence-corrected chi connectivity index (χ0v) is 14.8. The van der Waals surface area contributed by atoms with Crippen LogP contribution >= 0.6 is 0 Å². The molecule has 0 radical (unpaired) electrons. The number of carbonyl (C=O) groups excluding carboxylic acids is 1. The lowest BCUT2D eigenvalue weighted by molar-refractivity contribution is -0.126. The summed E-state index contributed by atoms with van der Waals surface area (Å²) in [5, 5.41) is 10.5. The van der Waals surface area contributed by atoms with Crippen LogP contribution in [0, 0.1) is 5.82 Å². The van der Waals surface area contributed by atoms with E-state index in [1.54, 1.807) is 17.0 Å². The van der Waals surface area contributed by atoms with E-state index in [1.807, 2.05) is 14.1 Å². The summed E-state index contributed by atoms with van der Waals surface area (Å²) in [6.45, 7) is 0.393. The molecule has 6 heteroatoms. The minimum Gasteiger partial charge on any atom is -0.349 e. The van der Waals surface area contributed by atoms with Gasteiger partial charge in [-0.05, 0) is 63.0 Å². The fraction of sp³-hybridized carbons (Fsp3) is 0.474. The monoisotopic (exact) mass is 344 g/mol. The van der Waals surface area contributed by atoms with Crippen LogP contribution in [-0.2, 0) is 24.2 Å². The Hall–Kier alpha value is -2.21. The van der Waals surface area contributed by atoms with Gasteiger partial charge in [0.25, 0.3) is 0 Å². The van der Waals surface area contributed by atoms with Crippen molar-refractivity contribution in [1.29, 1.82) is 0 Å². The highest BCUT2D eigenvalue weighted by atomic mass is 19.1. The van der Waals surface area contributed by atoms with Gasteiger partial charge < -0.3 is 5.32 Å². The first-order chi connectivity index (χ1) is 12.1. The molecule has 0 aliphatic heterocycles. The average molecular weight is 344 g/mol. The molecule has 1 aromatic carbocycles. The predicted molar refractivity (Wildman–Crippen MR) is 94.5 cm³/mol. The number of rotatable bonds is 5. The van der Waals surface area contributed by atoms with E-state index in [2.05, 4.69) is 15.5 Å². The molecule has 5 nitrogen and oxygen atoms in total. The number of nitrogens with one attached hydrogen (secondary N) is 2. The topological polar surface area (TPSA) is 61.0 Å². The summed E-state index contributed by atoms with van der Waals surface area (Å²) in [6.07, 6.45) is 5.62. The third kappa shape index (κ3) is 4.07. The minimum atomic E-state index is -0.534. The van der Waals surface area contributed by atoms with Gasteiger partial charge in [0.15, 0.2) is 0 Å². The molecule has 0 spiro atoms. The van der Waals surface area contributed by atoms with Crippen molar-refractivity contribution in [3.63, 3.8) is 0 Å². The second kappa shape index (κ2) is 7.78. The fourth-order valence-corrected chi connectivity index (χ4v) is 3.50. The molecular formula is C19H25FN4O. The second-order valence-electron chi connectivity index (χ2n) is 6.83. The van der Waals surface area contributed by atoms with Crippen molar-refractivity contribution >= 4 is 5.91 Å². The SMILES string of the molecule is CN(C)[C@H](C(=O)NCc1n[nH]c2c1CCCCC2)c1cccc(F)c1. The van der Waals surface area contributed by atoms with Crippen molar-refractivity contribution in [2.75, 3.05) is 14.1 Å². The second-order valence-corrected chi connectivity index (χ2v) is 6.83. The first-order valence-corrected chi connectivity index (χ1v) is 8.81. The Morgan fingerprint density at radius 3 is 2.88 bits per heavy atom. The quantitative estimate of drug-likeness (QED) is 0.820. The Morgan fingerprint density at radius 2 is 2.12 bits per heavy atom. The molecule has 1 aliphatic carbocycles. The summed E-state index contributed by atoms with van der Waals surface area (Å²) < 4.78 is 13.5. The van der Waals surface area contributed by atoms with Crippen LogP contribution in [-0.4, -0.2) is 35.1 Å². The summed E-state index contributed by atoms with van der Waals surface area (Å²) in [4.78, 5) is 14.5. The van der Waals surface area contributed by atoms with E-state index in [4.69, 9.17) is 0 Å². The number of nitrogens with zero attached hydrogens (tertiary/aromatic N) is 2. The summed E-state index contributed by atoms with van der Waals surface area (Å²) in [5.41, 5.74) is 4.02. The first kappa shape index (κ1) is 17.6. The number of halogens is 1. The van der Waals surface area contributed by atoms with Crippen LogP contribution in [0.3, 0.4) is 0 Å². The number of benzene rings is 1. The number of aromatic nitrogens is 2. The van der Waals surface area contributed by atoms with Gasteiger partial charge >= 0.3 is 0 Å². The maximum Gasteiger partial charge on any atom is 0.242 e. The molecule has 1 amide bonds. The third-order valence-corrected chi connectivity index (χ3v) is 4.75. The van der Waals surface area contributed by atoms with Crippen molar-refractivity contribution in [3.05, 3.63) is 52.6 Å². The van der Waals surface area contributed by atoms with Crippen LogP contribution < -0.4 is 5.32 Å². The lowest BCUT2D eigenvalue weighted by atomic mass is 10.0. The maximum atomic E-state index is 13.5. The fourth-order valence-electron chi connectivity index (χ4n) is 3.50. The van der Waals surface area contributed by atoms with Crippen LogP contribution in [0.5, 0.6) is 0 Å². The molecule has 1 aromatic heterocycles. The van der Waals surface area contributed by atoms with Crippen LogP contribution in [0.15, 0.2) is 24.3 Å². The minimum absolute atomic E-state index is 0.152. The molecule has 2 N–H and O–H groups in total. The van der Waals surface area contributed by atoms with E-state index in [9.17, 15) is 9.18 Å². The Kier molecular flexibility index (Phi) is 5.48. The zero-order chi connectivity index (χ0) is 17.8. The molecule has 0 bridgehead atoms. The number of H-pyrrole nitrogens is 1. The van der Waals surface area contributed by atoms with E-state index >= 15 is 0 Å². The highest BCUT2D eigenvalue weighted by molar-refractivity contribution is 5.83. The number of likely N-dealkylation sites (N-methyl/N-ethyl adjacent to an activating group) is 1. The van der Waals surface area contributed by atoms with Crippen LogP contribution in [0.2, 0.25) is 0 Å². The molecule has 0 saturated heterocycles. The van der Waals surface area contributed by atoms with Crippen molar-refractivity contribution in [2.24, 2.45) is 0 Å². The predicted octanol–water partition coefficient (Wildman–Crippen LogP) is 2.74. The Morgan fingerprint density at radius 1 is 1.32 bits per heavy atom. The van der Waals surface area contributed by atoms with Gasteiger partial charge in [-0.25, -0.2) is 4.39 Å². The molecule has 1 heterocycles. The Balaban J connectivity index is 1.71. The van der Waals surface area contributed by atoms with Crippen molar-refractivity contribution < 1.29 is 9.18 Å². The van der Waals surface area contributed by atoms with E-state index < -0.39 is 6.04 Å². The van der Waals surface area contributed by atoms with Gasteiger partial charge in [0.05, 0.1) is 12.2 Å². The Labute approximate surface area is 147 Å². The molecular weight excluding hydrogens is 319 g/mol. The number of hydrogen-bond acceptors (Lipinski definition) is 3. The molecule has 3 rings (SSSR count). The van der Waals surface area contributed by atoms with E-state index in [-0.39, 0.29) is 11.7 Å². The van der Waals surface area contributed by atoms with Gasteiger partial charge in [-0.1, -0.05) is 18.6 Å². The molecule has 1 aliphatic rings. The van der Waals surface area contributed by atoms with Gasteiger partial charge in [0.1, 0.15) is 11.9 Å². The van der Waals surface area contributed by atoms with Crippen molar-refractivity contribution in [1.82, 2.24) is 20.4 Å². The summed E-state index contributed by atoms with van der Waals surface area (Å²) in [6, 6.07) is 5.65. The van der Waals surface area contributed by atoms with Crippen LogP contribution in [0.25, 0.3) is 0 Å². The zero-order valence-electron chi connectivity index (χ0n) is 14.8. The number of hydrogen-bond donors (Lipinski definition) is 2. The highest BCUT2D eigenvalue weighted by Crippen LogP contribution is 2.23. The number of aromatic amines is 1. The number of fused-ring (bicyclic) bond motifs is 1. The Bertz CT molecular complexity index is 741. The van der Waals surface area contributed by atoms with E-state index in [1.165, 1.54) is 36.2 Å². The number of carbonyl (C=O) groups is 1. The molecule has 25 heavy (non-hydrogen) atoms. The van der Waals surface area contributed by atoms with E-state index in [0.717, 1.165) is 25.0 Å². The molecule has 0 fully saturated rings. The summed E-state index contributed by atoms with van der Waals surface area (Å²) >= 11 is 0. The van der Waals surface area contributed by atoms with Gasteiger partial charge in [-0.3, -0.25) is 14.8 Å². The molecule has 2 aromatic rings. The summed E-state index contributed by atoms with van der Waals surface area (Å²) in [7, 11) is 3.63. The van der Waals surface area contributed by atoms with Crippen LogP contribution in [0.4, 0.5) is 4.39 Å². The number of amides is 1. The van der Waals surface area contributed by atoms with Gasteiger partial charge in [-0.2, -0.15) is 5.10 Å². The summed E-state index contributed by atoms with van der Waals surface area (Å²) in [5.74, 6) is -0.490. The van der Waals surface area contributed by atoms with Gasteiger partial charge in [-0.15, -0.1) is 0 Å². The lowest BCUT2D eigenvalue weighted by Crippen LogP contribution is -2.37. The average Bonchev–Trinajstić information content (AvgIpc) is 2.79. The van der Waals surface area contributed by atoms with Crippen molar-refractivity contribution in [3.8, 4) is 0 Å². The normalized spacial score (nSPS) is 15.5. The van der Waals surface area contributed by atoms with Gasteiger partial charge in [0.2, 0.25) is 5.91 Å². The maximum absolute atomic E-state index is 13.5. The third-order valence-electron chi connectivity index (χ3n) is 4.75. The van der Waals surface area contributed by atoms with Crippen LogP contribution in [0.1, 0.15) is 47.8 Å². The standard InChI is InChI=1S/C19H25FN4O/c1-24(2)18(13-7-6-8-14(20)11-13)19(25)21-12-17-15-9-4-3-5-10-16(15)22-23-17/h6-8,11,18H,3-5,9-10,12H2,1-2H3,(H,21,25)(H,22,23)/t18-/m0/s1. The number of aryl methyl sites for hydroxylation is 1. The smallest absolute Gasteiger partial charge is 0.242 e. The molecule has 134 valence electrons. The molecule has 1 atom stereocenters. The highest BCUT2D eigenvalue weighted by Gasteiger charge is 2.24. The van der Waals surface area contributed by atoms with Gasteiger partial charge in [0, 0.05) is 5.69 Å². The molecule has 0 saturated carbocycles. The lowest BCUT2D eigenvalue weighted by Gasteiger charge is -2.23. The van der Waals surface area contributed by atoms with Crippen molar-refractivity contribution in [2.45, 2.75) is 44.7 Å².